The first-order valence-corrected chi connectivity index (χ1v) is 5.20. The summed E-state index contributed by atoms with van der Waals surface area (Å²) < 4.78 is 1.52. The first-order chi connectivity index (χ1) is 6.81. The first-order valence-electron chi connectivity index (χ1n) is 3.98. The van der Waals surface area contributed by atoms with Crippen molar-refractivity contribution >= 4 is 17.6 Å². The van der Waals surface area contributed by atoms with Gasteiger partial charge < -0.3 is 5.73 Å². The minimum atomic E-state index is 0.491. The van der Waals surface area contributed by atoms with Crippen LogP contribution in [0.5, 0.6) is 0 Å². The molecule has 0 aliphatic carbocycles. The third-order valence-corrected chi connectivity index (χ3v) is 2.28. The lowest BCUT2D eigenvalue weighted by Gasteiger charge is -1.99. The Hall–Kier alpha value is -1.56. The summed E-state index contributed by atoms with van der Waals surface area (Å²) in [5.74, 6) is 1.03. The monoisotopic (exact) mass is 207 g/mol. The van der Waals surface area contributed by atoms with E-state index in [2.05, 4.69) is 15.1 Å². The maximum atomic E-state index is 5.76. The van der Waals surface area contributed by atoms with E-state index in [0.717, 1.165) is 5.03 Å². The number of hydrogen-bond acceptors (Lipinski definition) is 5. The summed E-state index contributed by atoms with van der Waals surface area (Å²) in [6.07, 6.45) is 5.25. The summed E-state index contributed by atoms with van der Waals surface area (Å²) in [6, 6.07) is 3.54. The molecule has 2 aromatic heterocycles. The van der Waals surface area contributed by atoms with Gasteiger partial charge in [0.2, 0.25) is 0 Å². The Kier molecular flexibility index (Phi) is 2.36. The van der Waals surface area contributed by atoms with Crippen molar-refractivity contribution in [3.63, 3.8) is 0 Å². The highest BCUT2D eigenvalue weighted by Crippen LogP contribution is 2.17. The lowest BCUT2D eigenvalue weighted by Crippen LogP contribution is -2.05. The fraction of sp³-hybridized carbons (Fsp3) is 0.125. The van der Waals surface area contributed by atoms with Crippen LogP contribution in [0.2, 0.25) is 0 Å². The van der Waals surface area contributed by atoms with Gasteiger partial charge in [-0.1, -0.05) is 0 Å². The van der Waals surface area contributed by atoms with Crippen LogP contribution in [-0.2, 0) is 0 Å². The highest BCUT2D eigenvalue weighted by Gasteiger charge is 2.07. The van der Waals surface area contributed by atoms with E-state index in [4.69, 9.17) is 5.73 Å². The Bertz CT molecular complexity index is 425. The number of anilines is 1. The van der Waals surface area contributed by atoms with Gasteiger partial charge in [-0.05, 0) is 12.3 Å². The molecular weight excluding hydrogens is 198 g/mol. The third kappa shape index (κ3) is 1.56. The van der Waals surface area contributed by atoms with Crippen LogP contribution in [0.25, 0.3) is 5.95 Å². The van der Waals surface area contributed by atoms with Crippen LogP contribution in [0.3, 0.4) is 0 Å². The molecule has 0 atom stereocenters. The highest BCUT2D eigenvalue weighted by molar-refractivity contribution is 7.98. The molecule has 0 aliphatic heterocycles. The molecule has 2 heterocycles. The molecule has 0 amide bonds. The fourth-order valence-electron chi connectivity index (χ4n) is 1.03. The van der Waals surface area contributed by atoms with E-state index in [0.29, 0.717) is 11.8 Å². The number of nitrogen functional groups attached to an aromatic ring is 1. The van der Waals surface area contributed by atoms with E-state index < -0.39 is 0 Å². The van der Waals surface area contributed by atoms with Gasteiger partial charge in [0.1, 0.15) is 10.8 Å². The molecule has 2 rings (SSSR count). The van der Waals surface area contributed by atoms with E-state index in [1.807, 2.05) is 6.26 Å². The molecule has 0 unspecified atom stereocenters. The average molecular weight is 207 g/mol. The van der Waals surface area contributed by atoms with Crippen LogP contribution in [-0.4, -0.2) is 26.0 Å². The van der Waals surface area contributed by atoms with E-state index in [1.54, 1.807) is 24.5 Å². The summed E-state index contributed by atoms with van der Waals surface area (Å²) in [4.78, 5) is 8.12. The van der Waals surface area contributed by atoms with Crippen molar-refractivity contribution in [3.8, 4) is 5.95 Å². The molecule has 0 spiro atoms. The van der Waals surface area contributed by atoms with Gasteiger partial charge in [-0.3, -0.25) is 0 Å². The zero-order chi connectivity index (χ0) is 9.97. The first kappa shape index (κ1) is 9.01. The largest absolute Gasteiger partial charge is 0.383 e. The predicted octanol–water partition coefficient (Wildman–Crippen LogP) is 0.966. The van der Waals surface area contributed by atoms with E-state index in [9.17, 15) is 0 Å². The maximum Gasteiger partial charge on any atom is 0.252 e. The van der Waals surface area contributed by atoms with Crippen molar-refractivity contribution in [2.45, 2.75) is 5.03 Å². The molecular formula is C8H9N5S. The molecule has 0 saturated heterocycles. The molecule has 0 bridgehead atoms. The zero-order valence-electron chi connectivity index (χ0n) is 7.58. The molecule has 0 aliphatic rings. The second kappa shape index (κ2) is 3.67. The SMILES string of the molecule is CSc1cc(N)n(-c2ncccn2)n1. The lowest BCUT2D eigenvalue weighted by molar-refractivity contribution is 0.787. The molecule has 6 heteroatoms. The fourth-order valence-corrected chi connectivity index (χ4v) is 1.44. The van der Waals surface area contributed by atoms with Crippen LogP contribution in [0.4, 0.5) is 5.82 Å². The molecule has 2 N–H and O–H groups in total. The minimum Gasteiger partial charge on any atom is -0.383 e. The maximum absolute atomic E-state index is 5.76. The Morgan fingerprint density at radius 2 is 2.07 bits per heavy atom. The van der Waals surface area contributed by atoms with Gasteiger partial charge in [0.05, 0.1) is 0 Å². The minimum absolute atomic E-state index is 0.491. The Morgan fingerprint density at radius 1 is 1.36 bits per heavy atom. The van der Waals surface area contributed by atoms with Crippen molar-refractivity contribution in [3.05, 3.63) is 24.5 Å². The number of hydrogen-bond donors (Lipinski definition) is 1. The third-order valence-electron chi connectivity index (χ3n) is 1.67. The molecule has 5 nitrogen and oxygen atoms in total. The molecule has 14 heavy (non-hydrogen) atoms. The Labute approximate surface area is 85.4 Å². The van der Waals surface area contributed by atoms with Crippen LogP contribution in [0.1, 0.15) is 0 Å². The van der Waals surface area contributed by atoms with E-state index in [1.165, 1.54) is 16.4 Å². The molecule has 72 valence electrons. The van der Waals surface area contributed by atoms with Crippen molar-refractivity contribution in [1.82, 2.24) is 19.7 Å². The summed E-state index contributed by atoms with van der Waals surface area (Å²) in [5, 5.41) is 5.08. The van der Waals surface area contributed by atoms with Gasteiger partial charge in [0, 0.05) is 18.5 Å². The van der Waals surface area contributed by atoms with Gasteiger partial charge in [0.15, 0.2) is 0 Å². The smallest absolute Gasteiger partial charge is 0.252 e. The molecule has 0 radical (unpaired) electrons. The highest BCUT2D eigenvalue weighted by atomic mass is 32.2. The quantitative estimate of drug-likeness (QED) is 0.743. The summed E-state index contributed by atoms with van der Waals surface area (Å²) in [5.41, 5.74) is 5.76. The number of nitrogens with two attached hydrogens (primary N) is 1. The van der Waals surface area contributed by atoms with Gasteiger partial charge >= 0.3 is 0 Å². The molecule has 0 saturated carbocycles. The second-order valence-electron chi connectivity index (χ2n) is 2.57. The molecule has 0 aromatic carbocycles. The summed E-state index contributed by atoms with van der Waals surface area (Å²) >= 11 is 1.53. The lowest BCUT2D eigenvalue weighted by atomic mass is 10.6. The van der Waals surface area contributed by atoms with Crippen LogP contribution in [0, 0.1) is 0 Å². The number of rotatable bonds is 2. The zero-order valence-corrected chi connectivity index (χ0v) is 8.40. The average Bonchev–Trinajstić information content (AvgIpc) is 2.61. The normalized spacial score (nSPS) is 10.4. The standard InChI is InChI=1S/C8H9N5S/c1-14-7-5-6(9)13(12-7)8-10-3-2-4-11-8/h2-5H,9H2,1H3. The summed E-state index contributed by atoms with van der Waals surface area (Å²) in [6.45, 7) is 0. The Balaban J connectivity index is 2.46. The second-order valence-corrected chi connectivity index (χ2v) is 3.40. The number of aromatic nitrogens is 4. The predicted molar refractivity (Wildman–Crippen MR) is 55.3 cm³/mol. The molecule has 0 fully saturated rings. The topological polar surface area (TPSA) is 69.6 Å². The van der Waals surface area contributed by atoms with E-state index >= 15 is 0 Å². The van der Waals surface area contributed by atoms with Crippen LogP contribution >= 0.6 is 11.8 Å². The van der Waals surface area contributed by atoms with Crippen molar-refractivity contribution in [2.24, 2.45) is 0 Å². The van der Waals surface area contributed by atoms with Crippen LogP contribution in [0.15, 0.2) is 29.6 Å². The number of nitrogens with zero attached hydrogens (tertiary/aromatic N) is 4. The molecule has 2 aromatic rings. The van der Waals surface area contributed by atoms with Gasteiger partial charge in [-0.25, -0.2) is 9.97 Å². The summed E-state index contributed by atoms with van der Waals surface area (Å²) in [7, 11) is 0. The van der Waals surface area contributed by atoms with E-state index in [-0.39, 0.29) is 0 Å². The van der Waals surface area contributed by atoms with Gasteiger partial charge in [-0.2, -0.15) is 9.78 Å². The number of thioether (sulfide) groups is 1. The van der Waals surface area contributed by atoms with Crippen molar-refractivity contribution < 1.29 is 0 Å². The van der Waals surface area contributed by atoms with Gasteiger partial charge in [-0.15, -0.1) is 11.8 Å². The Morgan fingerprint density at radius 3 is 2.64 bits per heavy atom. The van der Waals surface area contributed by atoms with Gasteiger partial charge in [0.25, 0.3) is 5.95 Å². The van der Waals surface area contributed by atoms with Crippen molar-refractivity contribution in [2.75, 3.05) is 12.0 Å². The van der Waals surface area contributed by atoms with Crippen molar-refractivity contribution in [1.29, 1.82) is 0 Å². The van der Waals surface area contributed by atoms with Crippen LogP contribution < -0.4 is 5.73 Å².